The number of nitrogens with one attached hydrogen (secondary N) is 2. The molecule has 2 aromatic carbocycles. The van der Waals surface area contributed by atoms with Gasteiger partial charge in [0, 0.05) is 29.6 Å². The molecule has 8 heteroatoms. The predicted octanol–water partition coefficient (Wildman–Crippen LogP) is 4.23. The third-order valence-corrected chi connectivity index (χ3v) is 7.30. The van der Waals surface area contributed by atoms with Crippen LogP contribution in [-0.2, 0) is 12.8 Å². The predicted molar refractivity (Wildman–Crippen MR) is 130 cm³/mol. The first-order valence-electron chi connectivity index (χ1n) is 12.1. The van der Waals surface area contributed by atoms with Gasteiger partial charge < -0.3 is 19.7 Å². The normalized spacial score (nSPS) is 17.0. The number of H-pyrrole nitrogens is 2. The maximum atomic E-state index is 13.3. The molecule has 1 amide bonds. The molecule has 0 saturated carbocycles. The van der Waals surface area contributed by atoms with Gasteiger partial charge in [-0.1, -0.05) is 0 Å². The van der Waals surface area contributed by atoms with Gasteiger partial charge in [0.25, 0.3) is 5.91 Å². The van der Waals surface area contributed by atoms with Crippen molar-refractivity contribution in [3.8, 4) is 17.1 Å². The summed E-state index contributed by atoms with van der Waals surface area (Å²) in [7, 11) is 0. The Hall–Kier alpha value is -3.65. The number of carbonyl (C=O) groups is 1. The van der Waals surface area contributed by atoms with Crippen molar-refractivity contribution >= 4 is 16.8 Å². The van der Waals surface area contributed by atoms with Crippen molar-refractivity contribution in [2.24, 2.45) is 0 Å². The Morgan fingerprint density at radius 3 is 2.71 bits per heavy atom. The number of amides is 1. The first-order valence-corrected chi connectivity index (χ1v) is 12.1. The van der Waals surface area contributed by atoms with Crippen molar-refractivity contribution in [2.45, 2.75) is 37.7 Å². The molecule has 7 nitrogen and oxygen atoms in total. The zero-order chi connectivity index (χ0) is 24.0. The lowest BCUT2D eigenvalue weighted by Crippen LogP contribution is -2.49. The minimum Gasteiger partial charge on any atom is -0.491 e. The first kappa shape index (κ1) is 21.9. The maximum Gasteiger partial charge on any atom is 0.253 e. The van der Waals surface area contributed by atoms with E-state index in [1.165, 1.54) is 23.3 Å². The Morgan fingerprint density at radius 1 is 1.11 bits per heavy atom. The monoisotopic (exact) mass is 474 g/mol. The lowest BCUT2D eigenvalue weighted by Gasteiger charge is -2.38. The summed E-state index contributed by atoms with van der Waals surface area (Å²) < 4.78 is 18.8. The summed E-state index contributed by atoms with van der Waals surface area (Å²) in [4.78, 5) is 18.7. The van der Waals surface area contributed by atoms with Crippen molar-refractivity contribution in [2.75, 3.05) is 19.7 Å². The number of benzene rings is 2. The summed E-state index contributed by atoms with van der Waals surface area (Å²) in [6.07, 6.45) is 5.70. The van der Waals surface area contributed by atoms with Crippen molar-refractivity contribution in [1.82, 2.24) is 20.1 Å². The highest BCUT2D eigenvalue weighted by molar-refractivity contribution is 6.00. The van der Waals surface area contributed by atoms with E-state index in [-0.39, 0.29) is 18.3 Å². The molecular weight excluding hydrogens is 447 g/mol. The number of aliphatic hydroxyl groups is 1. The van der Waals surface area contributed by atoms with Crippen LogP contribution < -0.4 is 4.74 Å². The van der Waals surface area contributed by atoms with E-state index in [0.717, 1.165) is 41.6 Å². The van der Waals surface area contributed by atoms with Gasteiger partial charge in [-0.05, 0) is 85.7 Å². The summed E-state index contributed by atoms with van der Waals surface area (Å²) in [6, 6.07) is 11.6. The van der Waals surface area contributed by atoms with Gasteiger partial charge in [0.2, 0.25) is 0 Å². The Kier molecular flexibility index (Phi) is 5.33. The topological polar surface area (TPSA) is 94.2 Å². The maximum absolute atomic E-state index is 13.3. The first-order chi connectivity index (χ1) is 17.0. The molecule has 3 N–H and O–H groups in total. The van der Waals surface area contributed by atoms with Gasteiger partial charge in [0.05, 0.1) is 17.6 Å². The van der Waals surface area contributed by atoms with Crippen LogP contribution >= 0.6 is 0 Å². The molecule has 180 valence electrons. The van der Waals surface area contributed by atoms with Gasteiger partial charge in [0.1, 0.15) is 23.8 Å². The van der Waals surface area contributed by atoms with E-state index in [9.17, 15) is 14.3 Å². The zero-order valence-electron chi connectivity index (χ0n) is 19.3. The van der Waals surface area contributed by atoms with Crippen LogP contribution in [0.15, 0.2) is 48.7 Å². The minimum absolute atomic E-state index is 0.0285. The number of fused-ring (bicyclic) bond motifs is 5. The average molecular weight is 475 g/mol. The van der Waals surface area contributed by atoms with Gasteiger partial charge in [0.15, 0.2) is 0 Å². The molecule has 35 heavy (non-hydrogen) atoms. The third kappa shape index (κ3) is 4.08. The highest BCUT2D eigenvalue weighted by Gasteiger charge is 2.35. The van der Waals surface area contributed by atoms with E-state index in [4.69, 9.17) is 4.74 Å². The Balaban J connectivity index is 1.16. The second kappa shape index (κ2) is 8.53. The van der Waals surface area contributed by atoms with Crippen LogP contribution in [0.4, 0.5) is 4.39 Å². The number of ether oxygens (including phenoxy) is 1. The number of nitrogens with zero attached hydrogens (tertiary/aromatic N) is 2. The van der Waals surface area contributed by atoms with Crippen LogP contribution in [0.5, 0.6) is 5.75 Å². The van der Waals surface area contributed by atoms with Gasteiger partial charge in [-0.2, -0.15) is 5.10 Å². The Morgan fingerprint density at radius 2 is 1.91 bits per heavy atom. The van der Waals surface area contributed by atoms with Gasteiger partial charge in [-0.25, -0.2) is 4.39 Å². The number of aryl methyl sites for hydroxylation is 2. The average Bonchev–Trinajstić information content (AvgIpc) is 3.44. The van der Waals surface area contributed by atoms with Crippen molar-refractivity contribution in [1.29, 1.82) is 0 Å². The van der Waals surface area contributed by atoms with Crippen molar-refractivity contribution in [3.05, 3.63) is 71.2 Å². The Bertz CT molecular complexity index is 1380. The zero-order valence-corrected chi connectivity index (χ0v) is 19.3. The molecule has 2 aromatic heterocycles. The number of hydrogen-bond donors (Lipinski definition) is 3. The molecule has 0 radical (unpaired) electrons. The smallest absolute Gasteiger partial charge is 0.253 e. The van der Waals surface area contributed by atoms with Crippen LogP contribution in [0.1, 0.15) is 40.7 Å². The number of piperidine rings is 1. The van der Waals surface area contributed by atoms with Gasteiger partial charge >= 0.3 is 0 Å². The lowest BCUT2D eigenvalue weighted by molar-refractivity contribution is -0.0475. The molecule has 0 atom stereocenters. The minimum atomic E-state index is -1.02. The molecule has 2 aliphatic rings. The number of hydrogen-bond acceptors (Lipinski definition) is 4. The van der Waals surface area contributed by atoms with E-state index in [1.807, 2.05) is 24.4 Å². The molecular formula is C27H27FN4O3. The quantitative estimate of drug-likeness (QED) is 0.413. The fraction of sp³-hybridized carbons (Fsp3) is 0.333. The standard InChI is InChI=1S/C27H27FN4O3/c28-19-5-7-20(8-6-19)35-16-27(34)10-12-32(13-11-27)26(33)17-4-9-23-22(14-17)21-3-1-2-18-15-29-31-24(18)25(21)30-23/h4-9,14-15,30,34H,1-3,10-13,16H2,(H,29,31). The second-order valence-corrected chi connectivity index (χ2v) is 9.62. The van der Waals surface area contributed by atoms with E-state index >= 15 is 0 Å². The highest BCUT2D eigenvalue weighted by atomic mass is 19.1. The van der Waals surface area contributed by atoms with Crippen LogP contribution in [0, 0.1) is 5.82 Å². The number of rotatable bonds is 4. The van der Waals surface area contributed by atoms with E-state index in [0.29, 0.717) is 37.2 Å². The number of carbonyl (C=O) groups excluding carboxylic acids is 1. The molecule has 1 saturated heterocycles. The van der Waals surface area contributed by atoms with Gasteiger partial charge in [-0.15, -0.1) is 0 Å². The summed E-state index contributed by atoms with van der Waals surface area (Å²) in [6.45, 7) is 1.00. The molecule has 0 bridgehead atoms. The Labute approximate surface area is 201 Å². The SMILES string of the molecule is O=C(c1ccc2[nH]c3c(c2c1)CCCc1cn[nH]c1-3)N1CCC(O)(COc2ccc(F)cc2)CC1. The highest BCUT2D eigenvalue weighted by Crippen LogP contribution is 2.36. The molecule has 1 fully saturated rings. The lowest BCUT2D eigenvalue weighted by atomic mass is 9.92. The summed E-state index contributed by atoms with van der Waals surface area (Å²) >= 11 is 0. The number of halogens is 1. The number of likely N-dealkylation sites (tertiary alicyclic amines) is 1. The van der Waals surface area contributed by atoms with E-state index < -0.39 is 5.60 Å². The van der Waals surface area contributed by atoms with Crippen LogP contribution in [0.3, 0.4) is 0 Å². The fourth-order valence-electron chi connectivity index (χ4n) is 5.23. The van der Waals surface area contributed by atoms with Crippen molar-refractivity contribution < 1.29 is 19.0 Å². The third-order valence-electron chi connectivity index (χ3n) is 7.30. The number of aromatic amines is 2. The second-order valence-electron chi connectivity index (χ2n) is 9.62. The van der Waals surface area contributed by atoms with E-state index in [1.54, 1.807) is 17.0 Å². The van der Waals surface area contributed by atoms with E-state index in [2.05, 4.69) is 15.2 Å². The molecule has 1 aliphatic heterocycles. The molecule has 4 aromatic rings. The summed E-state index contributed by atoms with van der Waals surface area (Å²) in [5, 5.41) is 19.4. The van der Waals surface area contributed by atoms with Gasteiger partial charge in [-0.3, -0.25) is 9.89 Å². The summed E-state index contributed by atoms with van der Waals surface area (Å²) in [5.74, 6) is 0.154. The fourth-order valence-corrected chi connectivity index (χ4v) is 5.23. The molecule has 0 unspecified atom stereocenters. The molecule has 3 heterocycles. The molecule has 6 rings (SSSR count). The largest absolute Gasteiger partial charge is 0.491 e. The summed E-state index contributed by atoms with van der Waals surface area (Å²) in [5.41, 5.74) is 5.20. The molecule has 1 aliphatic carbocycles. The van der Waals surface area contributed by atoms with Crippen molar-refractivity contribution in [3.63, 3.8) is 0 Å². The van der Waals surface area contributed by atoms with Crippen LogP contribution in [0.25, 0.3) is 22.3 Å². The number of aromatic nitrogens is 3. The van der Waals surface area contributed by atoms with Crippen LogP contribution in [-0.4, -0.2) is 56.4 Å². The molecule has 0 spiro atoms. The van der Waals surface area contributed by atoms with Crippen LogP contribution in [0.2, 0.25) is 0 Å².